The molecular weight excluding hydrogens is 222 g/mol. The Kier molecular flexibility index (Phi) is 3.70. The van der Waals surface area contributed by atoms with Crippen LogP contribution in [0.4, 0.5) is 11.4 Å². The Morgan fingerprint density at radius 1 is 1.25 bits per heavy atom. The van der Waals surface area contributed by atoms with E-state index in [4.69, 9.17) is 11.1 Å². The molecule has 3 nitrogen and oxygen atoms in total. The minimum atomic E-state index is 0. The second-order valence-electron chi connectivity index (χ2n) is 3.47. The van der Waals surface area contributed by atoms with Crippen molar-refractivity contribution in [2.75, 3.05) is 5.73 Å². The highest BCUT2D eigenvalue weighted by Gasteiger charge is 2.15. The third-order valence-electron chi connectivity index (χ3n) is 2.64. The third kappa shape index (κ3) is 1.80. The standard InChI is InChI=1S/C12H12N3.ClH/c1-2-8-7-11(15-14)9-5-3-4-6-10(9)12(8)13;/h3-7H,2,13H2,1H3;1H/q+1;/p-1. The molecule has 0 aliphatic rings. The van der Waals surface area contributed by atoms with Gasteiger partial charge in [0.2, 0.25) is 5.39 Å². The number of nitrogen functional groups attached to an aromatic ring is 1. The van der Waals surface area contributed by atoms with Gasteiger partial charge in [0, 0.05) is 17.1 Å². The van der Waals surface area contributed by atoms with E-state index in [1.807, 2.05) is 37.3 Å². The summed E-state index contributed by atoms with van der Waals surface area (Å²) in [6.07, 6.45) is 0.833. The van der Waals surface area contributed by atoms with Gasteiger partial charge < -0.3 is 18.1 Å². The smallest absolute Gasteiger partial charge is 0.393 e. The summed E-state index contributed by atoms with van der Waals surface area (Å²) < 4.78 is 0. The predicted molar refractivity (Wildman–Crippen MR) is 62.5 cm³/mol. The molecular formula is C12H12ClN3. The molecule has 0 amide bonds. The molecule has 2 rings (SSSR count). The van der Waals surface area contributed by atoms with E-state index in [1.165, 1.54) is 0 Å². The second-order valence-corrected chi connectivity index (χ2v) is 3.47. The van der Waals surface area contributed by atoms with Gasteiger partial charge in [0.1, 0.15) is 0 Å². The fraction of sp³-hybridized carbons (Fsp3) is 0.167. The van der Waals surface area contributed by atoms with Crippen LogP contribution in [-0.4, -0.2) is 0 Å². The minimum absolute atomic E-state index is 0. The number of fused-ring (bicyclic) bond motifs is 1. The van der Waals surface area contributed by atoms with Gasteiger partial charge in [-0.25, -0.2) is 0 Å². The monoisotopic (exact) mass is 233 g/mol. The van der Waals surface area contributed by atoms with Crippen molar-refractivity contribution in [2.45, 2.75) is 13.3 Å². The van der Waals surface area contributed by atoms with Crippen molar-refractivity contribution in [3.8, 4) is 0 Å². The number of anilines is 1. The summed E-state index contributed by atoms with van der Waals surface area (Å²) in [4.78, 5) is 3.29. The number of nitrogens with zero attached hydrogens (tertiary/aromatic N) is 2. The maximum atomic E-state index is 8.93. The van der Waals surface area contributed by atoms with Crippen molar-refractivity contribution >= 4 is 22.1 Å². The van der Waals surface area contributed by atoms with Crippen LogP contribution in [0.5, 0.6) is 0 Å². The van der Waals surface area contributed by atoms with E-state index in [0.29, 0.717) is 5.69 Å². The quantitative estimate of drug-likeness (QED) is 0.575. The fourth-order valence-corrected chi connectivity index (χ4v) is 1.81. The number of rotatable bonds is 1. The molecule has 0 saturated heterocycles. The summed E-state index contributed by atoms with van der Waals surface area (Å²) >= 11 is 0. The van der Waals surface area contributed by atoms with Gasteiger partial charge >= 0.3 is 5.69 Å². The number of nitrogens with two attached hydrogens (primary N) is 1. The number of hydrogen-bond donors (Lipinski definition) is 1. The number of halogens is 1. The number of diazo groups is 1. The van der Waals surface area contributed by atoms with Gasteiger partial charge in [-0.2, -0.15) is 0 Å². The van der Waals surface area contributed by atoms with Crippen molar-refractivity contribution in [1.29, 1.82) is 5.39 Å². The predicted octanol–water partition coefficient (Wildman–Crippen LogP) is 0.473. The first-order valence-electron chi connectivity index (χ1n) is 4.93. The summed E-state index contributed by atoms with van der Waals surface area (Å²) in [6.45, 7) is 2.03. The van der Waals surface area contributed by atoms with Crippen LogP contribution < -0.4 is 18.1 Å². The highest BCUT2D eigenvalue weighted by molar-refractivity contribution is 6.02. The summed E-state index contributed by atoms with van der Waals surface area (Å²) in [5.41, 5.74) is 8.40. The van der Waals surface area contributed by atoms with Crippen LogP contribution in [0.2, 0.25) is 0 Å². The zero-order valence-corrected chi connectivity index (χ0v) is 9.70. The van der Waals surface area contributed by atoms with Crippen LogP contribution in [0, 0.1) is 5.39 Å². The first-order chi connectivity index (χ1) is 7.27. The van der Waals surface area contributed by atoms with Crippen LogP contribution >= 0.6 is 0 Å². The minimum Gasteiger partial charge on any atom is -1.00 e. The van der Waals surface area contributed by atoms with Crippen LogP contribution in [0.1, 0.15) is 12.5 Å². The van der Waals surface area contributed by atoms with Crippen LogP contribution in [-0.2, 0) is 6.42 Å². The van der Waals surface area contributed by atoms with E-state index in [0.717, 1.165) is 28.4 Å². The van der Waals surface area contributed by atoms with Gasteiger partial charge in [0.25, 0.3) is 0 Å². The lowest BCUT2D eigenvalue weighted by atomic mass is 10.0. The van der Waals surface area contributed by atoms with E-state index < -0.39 is 0 Å². The summed E-state index contributed by atoms with van der Waals surface area (Å²) in [6, 6.07) is 9.51. The molecule has 82 valence electrons. The molecule has 4 heteroatoms. The van der Waals surface area contributed by atoms with E-state index in [1.54, 1.807) is 0 Å². The molecule has 0 atom stereocenters. The highest BCUT2D eigenvalue weighted by atomic mass is 35.5. The van der Waals surface area contributed by atoms with Gasteiger partial charge in [0.05, 0.1) is 5.39 Å². The molecule has 0 bridgehead atoms. The van der Waals surface area contributed by atoms with Gasteiger partial charge in [-0.05, 0) is 18.1 Å². The molecule has 0 aromatic heterocycles. The second kappa shape index (κ2) is 4.82. The van der Waals surface area contributed by atoms with Gasteiger partial charge in [-0.1, -0.05) is 25.1 Å². The molecule has 0 aliphatic heterocycles. The third-order valence-corrected chi connectivity index (χ3v) is 2.64. The number of aryl methyl sites for hydroxylation is 1. The molecule has 0 unspecified atom stereocenters. The molecule has 0 heterocycles. The Hall–Kier alpha value is -1.79. The van der Waals surface area contributed by atoms with E-state index >= 15 is 0 Å². The van der Waals surface area contributed by atoms with Crippen LogP contribution in [0.15, 0.2) is 30.3 Å². The van der Waals surface area contributed by atoms with Crippen molar-refractivity contribution < 1.29 is 12.4 Å². The maximum absolute atomic E-state index is 8.93. The van der Waals surface area contributed by atoms with Crippen molar-refractivity contribution in [1.82, 2.24) is 0 Å². The lowest BCUT2D eigenvalue weighted by molar-refractivity contribution is -0.00000325. The molecule has 0 fully saturated rings. The average Bonchev–Trinajstić information content (AvgIpc) is 2.30. The van der Waals surface area contributed by atoms with Crippen LogP contribution in [0.3, 0.4) is 0 Å². The summed E-state index contributed by atoms with van der Waals surface area (Å²) in [5.74, 6) is 0. The Labute approximate surface area is 100 Å². The van der Waals surface area contributed by atoms with E-state index in [9.17, 15) is 0 Å². The van der Waals surface area contributed by atoms with Crippen molar-refractivity contribution in [2.24, 2.45) is 0 Å². The van der Waals surface area contributed by atoms with Gasteiger partial charge in [-0.15, -0.1) is 0 Å². The molecule has 0 radical (unpaired) electrons. The first-order valence-corrected chi connectivity index (χ1v) is 4.93. The Bertz CT molecular complexity index is 558. The van der Waals surface area contributed by atoms with Crippen LogP contribution in [0.25, 0.3) is 15.7 Å². The Morgan fingerprint density at radius 3 is 2.44 bits per heavy atom. The first kappa shape index (κ1) is 12.3. The van der Waals surface area contributed by atoms with Crippen molar-refractivity contribution in [3.05, 3.63) is 40.9 Å². The molecule has 0 spiro atoms. The fourth-order valence-electron chi connectivity index (χ4n) is 1.81. The Morgan fingerprint density at radius 2 is 1.88 bits per heavy atom. The normalized spacial score (nSPS) is 9.50. The lowest BCUT2D eigenvalue weighted by Crippen LogP contribution is -3.00. The number of benzene rings is 2. The molecule has 0 saturated carbocycles. The Balaban J connectivity index is 0.00000128. The highest BCUT2D eigenvalue weighted by Crippen LogP contribution is 2.33. The van der Waals surface area contributed by atoms with Gasteiger partial charge in [0.15, 0.2) is 4.98 Å². The van der Waals surface area contributed by atoms with Gasteiger partial charge in [-0.3, -0.25) is 0 Å². The van der Waals surface area contributed by atoms with Crippen molar-refractivity contribution in [3.63, 3.8) is 0 Å². The molecule has 2 aromatic rings. The zero-order chi connectivity index (χ0) is 10.8. The summed E-state index contributed by atoms with van der Waals surface area (Å²) in [5, 5.41) is 10.8. The molecule has 2 N–H and O–H groups in total. The largest absolute Gasteiger partial charge is 1.00 e. The van der Waals surface area contributed by atoms with E-state index in [2.05, 4.69) is 4.98 Å². The lowest BCUT2D eigenvalue weighted by Gasteiger charge is -2.04. The topological polar surface area (TPSA) is 54.2 Å². The number of hydrogen-bond acceptors (Lipinski definition) is 2. The SMILES string of the molecule is CCc1cc([N+]#N)c2ccccc2c1N.[Cl-]. The maximum Gasteiger partial charge on any atom is 0.393 e. The zero-order valence-electron chi connectivity index (χ0n) is 8.94. The molecule has 16 heavy (non-hydrogen) atoms. The molecule has 2 aromatic carbocycles. The average molecular weight is 234 g/mol. The summed E-state index contributed by atoms with van der Waals surface area (Å²) in [7, 11) is 0. The molecule has 0 aliphatic carbocycles. The van der Waals surface area contributed by atoms with E-state index in [-0.39, 0.29) is 12.4 Å².